The van der Waals surface area contributed by atoms with E-state index in [0.29, 0.717) is 50.4 Å². The minimum Gasteiger partial charge on any atom is -0.379 e. The highest BCUT2D eigenvalue weighted by Gasteiger charge is 2.35. The Morgan fingerprint density at radius 3 is 2.52 bits per heavy atom. The number of hydrogen-bond donors (Lipinski definition) is 2. The fourth-order valence-electron chi connectivity index (χ4n) is 3.90. The number of nitrogens with zero attached hydrogens (tertiary/aromatic N) is 1. The molecule has 1 aromatic carbocycles. The van der Waals surface area contributed by atoms with Gasteiger partial charge in [-0.15, -0.1) is 0 Å². The van der Waals surface area contributed by atoms with Gasteiger partial charge in [-0.1, -0.05) is 25.8 Å². The summed E-state index contributed by atoms with van der Waals surface area (Å²) in [4.78, 5) is 13.0. The van der Waals surface area contributed by atoms with Gasteiger partial charge in [0.05, 0.1) is 23.6 Å². The lowest BCUT2D eigenvalue weighted by Gasteiger charge is -2.29. The summed E-state index contributed by atoms with van der Waals surface area (Å²) < 4.78 is 32.9. The van der Waals surface area contributed by atoms with Crippen molar-refractivity contribution in [2.75, 3.05) is 32.8 Å². The van der Waals surface area contributed by atoms with Crippen LogP contribution < -0.4 is 11.1 Å². The summed E-state index contributed by atoms with van der Waals surface area (Å²) in [5, 5.41) is 3.06. The van der Waals surface area contributed by atoms with Crippen molar-refractivity contribution in [2.24, 2.45) is 5.73 Å². The van der Waals surface area contributed by atoms with Crippen molar-refractivity contribution >= 4 is 15.9 Å². The highest BCUT2D eigenvalue weighted by molar-refractivity contribution is 7.89. The van der Waals surface area contributed by atoms with Gasteiger partial charge in [-0.05, 0) is 37.0 Å². The molecule has 27 heavy (non-hydrogen) atoms. The Labute approximate surface area is 161 Å². The van der Waals surface area contributed by atoms with Gasteiger partial charge in [0.25, 0.3) is 5.91 Å². The Morgan fingerprint density at radius 2 is 1.93 bits per heavy atom. The monoisotopic (exact) mass is 395 g/mol. The van der Waals surface area contributed by atoms with Gasteiger partial charge in [0, 0.05) is 25.2 Å². The Bertz CT molecular complexity index is 782. The van der Waals surface area contributed by atoms with Gasteiger partial charge in [0.15, 0.2) is 0 Å². The molecule has 7 nitrogen and oxygen atoms in total. The molecular formula is C19H29N3O4S. The lowest BCUT2D eigenvalue weighted by Crippen LogP contribution is -2.51. The summed E-state index contributed by atoms with van der Waals surface area (Å²) >= 11 is 0. The molecule has 1 aliphatic heterocycles. The highest BCUT2D eigenvalue weighted by atomic mass is 32.2. The second-order valence-corrected chi connectivity index (χ2v) is 9.24. The summed E-state index contributed by atoms with van der Waals surface area (Å²) in [5.41, 5.74) is 6.61. The van der Waals surface area contributed by atoms with E-state index in [1.807, 2.05) is 6.92 Å². The summed E-state index contributed by atoms with van der Waals surface area (Å²) in [6.45, 7) is 3.75. The third kappa shape index (κ3) is 4.18. The van der Waals surface area contributed by atoms with E-state index >= 15 is 0 Å². The van der Waals surface area contributed by atoms with Gasteiger partial charge in [-0.3, -0.25) is 4.79 Å². The fraction of sp³-hybridized carbons (Fsp3) is 0.632. The second kappa shape index (κ2) is 8.26. The number of sulfonamides is 1. The van der Waals surface area contributed by atoms with Crippen LogP contribution in [0.15, 0.2) is 23.1 Å². The van der Waals surface area contributed by atoms with Crippen LogP contribution in [0.2, 0.25) is 0 Å². The summed E-state index contributed by atoms with van der Waals surface area (Å²) in [6.07, 6.45) is 4.39. The number of hydrogen-bond acceptors (Lipinski definition) is 5. The van der Waals surface area contributed by atoms with Crippen LogP contribution in [0.1, 0.15) is 48.5 Å². The van der Waals surface area contributed by atoms with Crippen molar-refractivity contribution in [1.29, 1.82) is 0 Å². The Kier molecular flexibility index (Phi) is 6.20. The molecule has 1 amide bonds. The number of carbonyl (C=O) groups excluding carboxylic acids is 1. The normalized spacial score (nSPS) is 20.5. The average molecular weight is 396 g/mol. The Morgan fingerprint density at radius 1 is 1.26 bits per heavy atom. The minimum absolute atomic E-state index is 0.216. The zero-order valence-corrected chi connectivity index (χ0v) is 16.7. The van der Waals surface area contributed by atoms with E-state index in [1.54, 1.807) is 12.1 Å². The van der Waals surface area contributed by atoms with Crippen LogP contribution in [0, 0.1) is 0 Å². The van der Waals surface area contributed by atoms with Gasteiger partial charge >= 0.3 is 0 Å². The number of nitrogens with one attached hydrogen (secondary N) is 1. The molecule has 0 spiro atoms. The first kappa shape index (κ1) is 20.3. The number of amides is 1. The molecule has 2 aliphatic rings. The van der Waals surface area contributed by atoms with E-state index < -0.39 is 10.0 Å². The van der Waals surface area contributed by atoms with E-state index in [4.69, 9.17) is 10.5 Å². The summed E-state index contributed by atoms with van der Waals surface area (Å²) in [7, 11) is -3.66. The van der Waals surface area contributed by atoms with Crippen LogP contribution in [0.5, 0.6) is 0 Å². The Hall–Kier alpha value is -1.48. The van der Waals surface area contributed by atoms with Crippen LogP contribution in [-0.2, 0) is 21.2 Å². The number of nitrogens with two attached hydrogens (primary N) is 1. The molecule has 0 aromatic heterocycles. The molecular weight excluding hydrogens is 366 g/mol. The van der Waals surface area contributed by atoms with Crippen LogP contribution in [-0.4, -0.2) is 57.0 Å². The number of benzene rings is 1. The number of carbonyl (C=O) groups is 1. The van der Waals surface area contributed by atoms with Gasteiger partial charge < -0.3 is 15.8 Å². The number of morpholine rings is 1. The SMILES string of the molecule is CCc1ccc(C(=O)NC2(CN)CCCC2)cc1S(=O)(=O)N1CCOCC1. The molecule has 0 radical (unpaired) electrons. The van der Waals surface area contributed by atoms with E-state index in [9.17, 15) is 13.2 Å². The first-order valence-corrected chi connectivity index (χ1v) is 11.1. The predicted molar refractivity (Wildman–Crippen MR) is 103 cm³/mol. The quantitative estimate of drug-likeness (QED) is 0.755. The highest BCUT2D eigenvalue weighted by Crippen LogP contribution is 2.29. The van der Waals surface area contributed by atoms with Gasteiger partial charge in [0.2, 0.25) is 10.0 Å². The minimum atomic E-state index is -3.66. The maximum atomic E-state index is 13.1. The topological polar surface area (TPSA) is 102 Å². The molecule has 1 saturated heterocycles. The van der Waals surface area contributed by atoms with E-state index in [2.05, 4.69) is 5.32 Å². The molecule has 1 aliphatic carbocycles. The standard InChI is InChI=1S/C19H29N3O4S/c1-2-15-5-6-16(18(23)21-19(14-20)7-3-4-8-19)13-17(15)27(24,25)22-9-11-26-12-10-22/h5-6,13H,2-4,7-12,14,20H2,1H3,(H,21,23). The van der Waals surface area contributed by atoms with Crippen LogP contribution >= 0.6 is 0 Å². The van der Waals surface area contributed by atoms with E-state index in [1.165, 1.54) is 10.4 Å². The Balaban J connectivity index is 1.90. The van der Waals surface area contributed by atoms with Gasteiger partial charge in [0.1, 0.15) is 0 Å². The number of ether oxygens (including phenoxy) is 1. The van der Waals surface area contributed by atoms with Crippen LogP contribution in [0.3, 0.4) is 0 Å². The summed E-state index contributed by atoms with van der Waals surface area (Å²) in [5.74, 6) is -0.261. The number of rotatable bonds is 6. The molecule has 1 saturated carbocycles. The molecule has 0 unspecified atom stereocenters. The van der Waals surface area contributed by atoms with Crippen molar-refractivity contribution in [3.63, 3.8) is 0 Å². The van der Waals surface area contributed by atoms with Crippen molar-refractivity contribution in [3.05, 3.63) is 29.3 Å². The lowest BCUT2D eigenvalue weighted by atomic mass is 9.97. The maximum absolute atomic E-state index is 13.1. The molecule has 1 aromatic rings. The van der Waals surface area contributed by atoms with Crippen molar-refractivity contribution in [1.82, 2.24) is 9.62 Å². The van der Waals surface area contributed by atoms with Gasteiger partial charge in [-0.2, -0.15) is 4.31 Å². The van der Waals surface area contributed by atoms with E-state index in [-0.39, 0.29) is 16.3 Å². The lowest BCUT2D eigenvalue weighted by molar-refractivity contribution is 0.0730. The molecule has 0 bridgehead atoms. The molecule has 0 atom stereocenters. The van der Waals surface area contributed by atoms with Crippen LogP contribution in [0.25, 0.3) is 0 Å². The summed E-state index contributed by atoms with van der Waals surface area (Å²) in [6, 6.07) is 4.95. The predicted octanol–water partition coefficient (Wildman–Crippen LogP) is 1.27. The van der Waals surface area contributed by atoms with Crippen molar-refractivity contribution in [2.45, 2.75) is 49.5 Å². The molecule has 3 rings (SSSR count). The zero-order valence-electron chi connectivity index (χ0n) is 15.9. The smallest absolute Gasteiger partial charge is 0.251 e. The average Bonchev–Trinajstić information content (AvgIpc) is 3.17. The third-order valence-electron chi connectivity index (χ3n) is 5.63. The molecule has 8 heteroatoms. The first-order chi connectivity index (χ1) is 12.9. The first-order valence-electron chi connectivity index (χ1n) is 9.65. The second-order valence-electron chi connectivity index (χ2n) is 7.34. The van der Waals surface area contributed by atoms with Crippen molar-refractivity contribution < 1.29 is 17.9 Å². The fourth-order valence-corrected chi connectivity index (χ4v) is 5.63. The zero-order chi connectivity index (χ0) is 19.5. The third-order valence-corrected chi connectivity index (χ3v) is 7.61. The maximum Gasteiger partial charge on any atom is 0.251 e. The molecule has 3 N–H and O–H groups in total. The molecule has 1 heterocycles. The molecule has 2 fully saturated rings. The van der Waals surface area contributed by atoms with E-state index in [0.717, 1.165) is 25.7 Å². The van der Waals surface area contributed by atoms with Gasteiger partial charge in [-0.25, -0.2) is 8.42 Å². The molecule has 150 valence electrons. The van der Waals surface area contributed by atoms with Crippen LogP contribution in [0.4, 0.5) is 0 Å². The number of aryl methyl sites for hydroxylation is 1. The van der Waals surface area contributed by atoms with Crippen molar-refractivity contribution in [3.8, 4) is 0 Å². The largest absolute Gasteiger partial charge is 0.379 e.